The van der Waals surface area contributed by atoms with Gasteiger partial charge in [0.25, 0.3) is 11.8 Å². The number of nitrogens with one attached hydrogen (secondary N) is 1. The largest absolute Gasteiger partial charge is 0.497 e. The van der Waals surface area contributed by atoms with Gasteiger partial charge in [0.2, 0.25) is 14.3 Å². The molecular formula is C42H46FN3O7Si. The number of carbonyl (C=O) groups excluding carboxylic acids is 3. The molecule has 282 valence electrons. The minimum Gasteiger partial charge on any atom is -0.497 e. The number of anilines is 2. The van der Waals surface area contributed by atoms with Gasteiger partial charge in [-0.25, -0.2) is 0 Å². The summed E-state index contributed by atoms with van der Waals surface area (Å²) < 4.78 is 34.3. The van der Waals surface area contributed by atoms with Gasteiger partial charge in [0.1, 0.15) is 11.5 Å². The predicted octanol–water partition coefficient (Wildman–Crippen LogP) is 6.61. The third-order valence-electron chi connectivity index (χ3n) is 11.3. The van der Waals surface area contributed by atoms with Gasteiger partial charge < -0.3 is 38.5 Å². The van der Waals surface area contributed by atoms with Crippen molar-refractivity contribution in [1.82, 2.24) is 4.90 Å². The van der Waals surface area contributed by atoms with E-state index in [9.17, 15) is 19.5 Å². The van der Waals surface area contributed by atoms with Crippen molar-refractivity contribution in [1.29, 1.82) is 0 Å². The van der Waals surface area contributed by atoms with Crippen LogP contribution >= 0.6 is 0 Å². The highest BCUT2D eigenvalue weighted by Gasteiger charge is 2.67. The number of rotatable bonds is 10. The molecule has 0 bridgehead atoms. The molecule has 3 aliphatic heterocycles. The molecule has 3 amide bonds. The van der Waals surface area contributed by atoms with E-state index in [1.165, 1.54) is 0 Å². The van der Waals surface area contributed by atoms with Gasteiger partial charge in [-0.15, -0.1) is 0 Å². The number of amides is 3. The Bertz CT molecular complexity index is 2070. The molecule has 2 N–H and O–H groups in total. The second-order valence-corrected chi connectivity index (χ2v) is 18.8. The topological polar surface area (TPSA) is 118 Å². The van der Waals surface area contributed by atoms with Gasteiger partial charge in [0.15, 0.2) is 5.60 Å². The van der Waals surface area contributed by atoms with E-state index in [1.54, 1.807) is 79.6 Å². The van der Waals surface area contributed by atoms with Crippen molar-refractivity contribution in [2.75, 3.05) is 31.0 Å². The van der Waals surface area contributed by atoms with E-state index >= 15 is 4.11 Å². The van der Waals surface area contributed by atoms with Crippen LogP contribution in [0.2, 0.25) is 18.6 Å². The quantitative estimate of drug-likeness (QED) is 0.138. The van der Waals surface area contributed by atoms with E-state index in [2.05, 4.69) is 5.32 Å². The van der Waals surface area contributed by atoms with Crippen molar-refractivity contribution in [2.24, 2.45) is 5.92 Å². The van der Waals surface area contributed by atoms with Crippen molar-refractivity contribution in [3.05, 3.63) is 119 Å². The Morgan fingerprint density at radius 1 is 0.963 bits per heavy atom. The van der Waals surface area contributed by atoms with Crippen molar-refractivity contribution in [2.45, 2.75) is 69.2 Å². The van der Waals surface area contributed by atoms with Crippen molar-refractivity contribution in [3.8, 4) is 11.5 Å². The fourth-order valence-corrected chi connectivity index (χ4v) is 11.2. The molecule has 3 aliphatic rings. The first kappa shape index (κ1) is 37.3. The minimum atomic E-state index is -3.56. The molecule has 7 rings (SSSR count). The van der Waals surface area contributed by atoms with E-state index in [-0.39, 0.29) is 37.3 Å². The second-order valence-electron chi connectivity index (χ2n) is 15.0. The fraction of sp³-hybridized carbons (Fsp3) is 0.357. The minimum absolute atomic E-state index is 0.127. The summed E-state index contributed by atoms with van der Waals surface area (Å²) in [5, 5.41) is 13.2. The molecule has 5 atom stereocenters. The molecule has 0 aliphatic carbocycles. The van der Waals surface area contributed by atoms with Crippen LogP contribution in [0.5, 0.6) is 11.5 Å². The number of ether oxygens (including phenoxy) is 3. The Labute approximate surface area is 316 Å². The maximum Gasteiger partial charge on any atom is 0.264 e. The molecule has 4 aromatic carbocycles. The number of fused-ring (bicyclic) bond motifs is 3. The van der Waals surface area contributed by atoms with Gasteiger partial charge in [-0.2, -0.15) is 0 Å². The van der Waals surface area contributed by atoms with Gasteiger partial charge >= 0.3 is 0 Å². The van der Waals surface area contributed by atoms with E-state index in [4.69, 9.17) is 14.2 Å². The third-order valence-corrected chi connectivity index (χ3v) is 13.8. The molecule has 4 aromatic rings. The zero-order valence-corrected chi connectivity index (χ0v) is 32.2. The number of hydrogen-bond donors (Lipinski definition) is 2. The molecule has 0 unspecified atom stereocenters. The zero-order valence-electron chi connectivity index (χ0n) is 31.2. The van der Waals surface area contributed by atoms with Crippen LogP contribution in [0.4, 0.5) is 15.5 Å². The number of nitrogens with zero attached hydrogens (tertiary/aromatic N) is 2. The SMILES string of the molecule is COc1ccc(C(=O)Nc2cccc(CN3C(=O)[C@]4(O[C@H](CC(=O)N5Cc6ccccc6C[C@H]5CO)[C@@H]([Si](C)(C)F)[C@@H]4C)c4cc(OC)ccc43)c2)cc1. The normalized spacial score (nSPS) is 23.3. The number of carbonyl (C=O) groups is 3. The Morgan fingerprint density at radius 2 is 1.67 bits per heavy atom. The van der Waals surface area contributed by atoms with Crippen molar-refractivity contribution >= 4 is 37.5 Å². The number of methoxy groups -OCH3 is 2. The lowest BCUT2D eigenvalue weighted by molar-refractivity contribution is -0.151. The fourth-order valence-electron chi connectivity index (χ4n) is 8.72. The first-order chi connectivity index (χ1) is 25.9. The summed E-state index contributed by atoms with van der Waals surface area (Å²) in [6.07, 6.45) is -0.488. The predicted molar refractivity (Wildman–Crippen MR) is 206 cm³/mol. The molecule has 3 heterocycles. The van der Waals surface area contributed by atoms with Crippen LogP contribution in [-0.4, -0.2) is 69.1 Å². The third kappa shape index (κ3) is 6.67. The molecule has 0 aromatic heterocycles. The highest BCUT2D eigenvalue weighted by Crippen LogP contribution is 2.61. The Morgan fingerprint density at radius 3 is 2.35 bits per heavy atom. The highest BCUT2D eigenvalue weighted by atomic mass is 28.4. The van der Waals surface area contributed by atoms with Crippen LogP contribution in [-0.2, 0) is 39.4 Å². The number of halogens is 1. The van der Waals surface area contributed by atoms with Gasteiger partial charge in [-0.1, -0.05) is 43.3 Å². The van der Waals surface area contributed by atoms with Crippen LogP contribution in [0.1, 0.15) is 46.0 Å². The standard InChI is InChI=1S/C42H46FN3O7Si/c1-26-39(54(4,5)43)37(22-38(48)45-24-30-11-7-6-10-29(30)20-32(45)25-47)53-42(26)35-21-34(52-3)17-18-36(35)46(41(42)50)23-27-9-8-12-31(19-27)44-40(49)28-13-15-33(51-2)16-14-28/h6-19,21,26,32,37,39,47H,20,22-25H2,1-5H3,(H,44,49)/t26-,32-,37+,39-,42+/m0/s1. The smallest absolute Gasteiger partial charge is 0.264 e. The number of hydrogen-bond acceptors (Lipinski definition) is 7. The van der Waals surface area contributed by atoms with Crippen LogP contribution < -0.4 is 19.7 Å². The maximum atomic E-state index is 16.6. The number of benzene rings is 4. The lowest BCUT2D eigenvalue weighted by Crippen LogP contribution is -2.48. The van der Waals surface area contributed by atoms with Crippen LogP contribution in [0, 0.1) is 5.92 Å². The summed E-state index contributed by atoms with van der Waals surface area (Å²) in [7, 11) is -0.455. The molecule has 10 nitrogen and oxygen atoms in total. The lowest BCUT2D eigenvalue weighted by Gasteiger charge is -2.37. The summed E-state index contributed by atoms with van der Waals surface area (Å²) >= 11 is 0. The number of aliphatic hydroxyl groups is 1. The summed E-state index contributed by atoms with van der Waals surface area (Å²) in [6, 6.07) is 26.9. The van der Waals surface area contributed by atoms with Crippen LogP contribution in [0.15, 0.2) is 91.0 Å². The molecular weight excluding hydrogens is 706 g/mol. The van der Waals surface area contributed by atoms with Crippen molar-refractivity contribution < 1.29 is 37.8 Å². The van der Waals surface area contributed by atoms with Gasteiger partial charge in [0.05, 0.1) is 51.6 Å². The van der Waals surface area contributed by atoms with E-state index in [0.29, 0.717) is 47.0 Å². The Balaban J connectivity index is 1.18. The molecule has 54 heavy (non-hydrogen) atoms. The maximum absolute atomic E-state index is 16.6. The summed E-state index contributed by atoms with van der Waals surface area (Å²) in [4.78, 5) is 45.5. The van der Waals surface area contributed by atoms with Crippen LogP contribution in [0.3, 0.4) is 0 Å². The highest BCUT2D eigenvalue weighted by molar-refractivity contribution is 6.72. The molecule has 1 fully saturated rings. The first-order valence-electron chi connectivity index (χ1n) is 18.3. The van der Waals surface area contributed by atoms with E-state index < -0.39 is 37.6 Å². The van der Waals surface area contributed by atoms with E-state index in [0.717, 1.165) is 16.7 Å². The second kappa shape index (κ2) is 14.7. The summed E-state index contributed by atoms with van der Waals surface area (Å²) in [6.45, 7) is 5.36. The Kier molecular flexibility index (Phi) is 10.1. The molecule has 0 radical (unpaired) electrons. The van der Waals surface area contributed by atoms with Crippen LogP contribution in [0.25, 0.3) is 0 Å². The first-order valence-corrected chi connectivity index (χ1v) is 21.2. The van der Waals surface area contributed by atoms with Crippen molar-refractivity contribution in [3.63, 3.8) is 0 Å². The van der Waals surface area contributed by atoms with Gasteiger partial charge in [-0.3, -0.25) is 14.4 Å². The molecule has 12 heteroatoms. The summed E-state index contributed by atoms with van der Waals surface area (Å²) in [5.74, 6) is -0.332. The number of aliphatic hydroxyl groups excluding tert-OH is 1. The van der Waals surface area contributed by atoms with Gasteiger partial charge in [0, 0.05) is 34.8 Å². The molecule has 1 spiro atoms. The lowest BCUT2D eigenvalue weighted by atomic mass is 9.82. The average molecular weight is 752 g/mol. The van der Waals surface area contributed by atoms with Gasteiger partial charge in [-0.05, 0) is 90.8 Å². The summed E-state index contributed by atoms with van der Waals surface area (Å²) in [5.41, 5.74) is 2.80. The molecule has 1 saturated heterocycles. The average Bonchev–Trinajstić information content (AvgIpc) is 3.59. The Hall–Kier alpha value is -5.04. The van der Waals surface area contributed by atoms with E-state index in [1.807, 2.05) is 55.5 Å². The molecule has 0 saturated carbocycles. The zero-order chi connectivity index (χ0) is 38.4. The monoisotopic (exact) mass is 751 g/mol.